The Morgan fingerprint density at radius 2 is 2.00 bits per heavy atom. The SMILES string of the molecule is Cc1ccc(C(=O)Cc2cccc(C(F)(F)F)c2)nc1N1CCc2nc(N)ncc2C1. The number of alkyl halides is 3. The average molecular weight is 427 g/mol. The van der Waals surface area contributed by atoms with Gasteiger partial charge in [-0.05, 0) is 30.2 Å². The van der Waals surface area contributed by atoms with Crippen LogP contribution in [0, 0.1) is 6.92 Å². The second kappa shape index (κ2) is 7.98. The van der Waals surface area contributed by atoms with Gasteiger partial charge in [-0.2, -0.15) is 13.2 Å². The van der Waals surface area contributed by atoms with E-state index in [1.54, 1.807) is 18.3 Å². The van der Waals surface area contributed by atoms with E-state index in [1.165, 1.54) is 12.1 Å². The van der Waals surface area contributed by atoms with Crippen LogP contribution in [0.25, 0.3) is 0 Å². The number of nitrogens with zero attached hydrogens (tertiary/aromatic N) is 4. The van der Waals surface area contributed by atoms with E-state index in [1.807, 2.05) is 11.8 Å². The minimum absolute atomic E-state index is 0.157. The number of nitrogen functional groups attached to an aromatic ring is 1. The Labute approximate surface area is 177 Å². The Hall–Kier alpha value is -3.49. The second-order valence-corrected chi connectivity index (χ2v) is 7.51. The maximum absolute atomic E-state index is 12.9. The van der Waals surface area contributed by atoms with Gasteiger partial charge in [0.15, 0.2) is 5.78 Å². The number of rotatable bonds is 4. The van der Waals surface area contributed by atoms with Crippen molar-refractivity contribution >= 4 is 17.5 Å². The number of benzene rings is 1. The highest BCUT2D eigenvalue weighted by Crippen LogP contribution is 2.30. The van der Waals surface area contributed by atoms with Crippen molar-refractivity contribution in [2.24, 2.45) is 0 Å². The molecule has 0 spiro atoms. The van der Waals surface area contributed by atoms with Crippen LogP contribution in [0.4, 0.5) is 24.9 Å². The number of fused-ring (bicyclic) bond motifs is 1. The molecule has 0 saturated carbocycles. The minimum atomic E-state index is -4.45. The molecular formula is C22H20F3N5O. The van der Waals surface area contributed by atoms with Gasteiger partial charge in [0, 0.05) is 37.7 Å². The topological polar surface area (TPSA) is 85.0 Å². The van der Waals surface area contributed by atoms with E-state index < -0.39 is 11.7 Å². The molecule has 2 N–H and O–H groups in total. The number of anilines is 2. The summed E-state index contributed by atoms with van der Waals surface area (Å²) in [5, 5.41) is 0. The number of Topliss-reactive ketones (excluding diaryl/α,β-unsaturated/α-hetero) is 1. The summed E-state index contributed by atoms with van der Waals surface area (Å²) in [5.74, 6) is 0.565. The number of hydrogen-bond donors (Lipinski definition) is 1. The van der Waals surface area contributed by atoms with E-state index >= 15 is 0 Å². The van der Waals surface area contributed by atoms with E-state index in [2.05, 4.69) is 15.0 Å². The quantitative estimate of drug-likeness (QED) is 0.638. The van der Waals surface area contributed by atoms with Gasteiger partial charge < -0.3 is 10.6 Å². The van der Waals surface area contributed by atoms with Crippen LogP contribution in [0.2, 0.25) is 0 Å². The number of aryl methyl sites for hydroxylation is 1. The van der Waals surface area contributed by atoms with Gasteiger partial charge >= 0.3 is 6.18 Å². The molecule has 31 heavy (non-hydrogen) atoms. The van der Waals surface area contributed by atoms with Crippen molar-refractivity contribution in [3.05, 3.63) is 76.2 Å². The Morgan fingerprint density at radius 1 is 1.19 bits per heavy atom. The number of nitrogens with two attached hydrogens (primary N) is 1. The Bertz CT molecular complexity index is 1150. The lowest BCUT2D eigenvalue weighted by Crippen LogP contribution is -2.33. The van der Waals surface area contributed by atoms with Gasteiger partial charge in [0.25, 0.3) is 0 Å². The van der Waals surface area contributed by atoms with Crippen LogP contribution in [0.3, 0.4) is 0 Å². The van der Waals surface area contributed by atoms with Crippen molar-refractivity contribution in [1.29, 1.82) is 0 Å². The molecule has 9 heteroatoms. The molecule has 0 amide bonds. The zero-order valence-corrected chi connectivity index (χ0v) is 16.8. The first-order valence-corrected chi connectivity index (χ1v) is 9.73. The second-order valence-electron chi connectivity index (χ2n) is 7.51. The first-order chi connectivity index (χ1) is 14.7. The summed E-state index contributed by atoms with van der Waals surface area (Å²) in [4.78, 5) is 27.7. The molecular weight excluding hydrogens is 407 g/mol. The molecule has 0 fully saturated rings. The molecule has 1 aliphatic heterocycles. The highest BCUT2D eigenvalue weighted by atomic mass is 19.4. The van der Waals surface area contributed by atoms with Crippen molar-refractivity contribution < 1.29 is 18.0 Å². The molecule has 3 heterocycles. The van der Waals surface area contributed by atoms with Crippen molar-refractivity contribution in [3.63, 3.8) is 0 Å². The molecule has 0 radical (unpaired) electrons. The predicted octanol–water partition coefficient (Wildman–Crippen LogP) is 3.77. The molecule has 160 valence electrons. The third-order valence-electron chi connectivity index (χ3n) is 5.23. The van der Waals surface area contributed by atoms with Gasteiger partial charge in [-0.3, -0.25) is 4.79 Å². The minimum Gasteiger partial charge on any atom is -0.368 e. The van der Waals surface area contributed by atoms with E-state index in [9.17, 15) is 18.0 Å². The first kappa shape index (κ1) is 20.8. The van der Waals surface area contributed by atoms with Gasteiger partial charge in [0.05, 0.1) is 11.3 Å². The summed E-state index contributed by atoms with van der Waals surface area (Å²) >= 11 is 0. The monoisotopic (exact) mass is 427 g/mol. The van der Waals surface area contributed by atoms with Gasteiger partial charge in [-0.15, -0.1) is 0 Å². The molecule has 3 aromatic rings. The smallest absolute Gasteiger partial charge is 0.368 e. The summed E-state index contributed by atoms with van der Waals surface area (Å²) in [6.07, 6.45) is -2.24. The standard InChI is InChI=1S/C22H20F3N5O/c1-13-5-6-18(19(31)10-14-3-2-4-16(9-14)22(23,24)25)28-20(13)30-8-7-17-15(12-30)11-27-21(26)29-17/h2-6,9,11H,7-8,10,12H2,1H3,(H2,26,27,29). The van der Waals surface area contributed by atoms with Gasteiger partial charge in [0.1, 0.15) is 11.5 Å². The molecule has 6 nitrogen and oxygen atoms in total. The average Bonchev–Trinajstić information content (AvgIpc) is 2.73. The molecule has 2 aromatic heterocycles. The van der Waals surface area contributed by atoms with E-state index in [0.717, 1.165) is 29.0 Å². The Kier molecular flexibility index (Phi) is 5.34. The van der Waals surface area contributed by atoms with Crippen LogP contribution in [0.1, 0.15) is 38.4 Å². The lowest BCUT2D eigenvalue weighted by Gasteiger charge is -2.30. The summed E-state index contributed by atoms with van der Waals surface area (Å²) < 4.78 is 38.8. The zero-order valence-electron chi connectivity index (χ0n) is 16.8. The third-order valence-corrected chi connectivity index (χ3v) is 5.23. The highest BCUT2D eigenvalue weighted by molar-refractivity contribution is 5.96. The van der Waals surface area contributed by atoms with Gasteiger partial charge in [0.2, 0.25) is 5.95 Å². The van der Waals surface area contributed by atoms with Crippen molar-refractivity contribution in [3.8, 4) is 0 Å². The van der Waals surface area contributed by atoms with Crippen LogP contribution in [-0.2, 0) is 25.6 Å². The predicted molar refractivity (Wildman–Crippen MR) is 110 cm³/mol. The van der Waals surface area contributed by atoms with Crippen molar-refractivity contribution in [1.82, 2.24) is 15.0 Å². The maximum atomic E-state index is 12.9. The number of carbonyl (C=O) groups excluding carboxylic acids is 1. The van der Waals surface area contributed by atoms with Crippen molar-refractivity contribution in [2.45, 2.75) is 32.5 Å². The summed E-state index contributed by atoms with van der Waals surface area (Å²) in [7, 11) is 0. The van der Waals surface area contributed by atoms with Crippen LogP contribution in [0.15, 0.2) is 42.6 Å². The number of pyridine rings is 1. The maximum Gasteiger partial charge on any atom is 0.416 e. The molecule has 4 rings (SSSR count). The number of hydrogen-bond acceptors (Lipinski definition) is 6. The Balaban J connectivity index is 1.55. The molecule has 0 bridgehead atoms. The molecule has 0 aliphatic carbocycles. The van der Waals surface area contributed by atoms with Crippen molar-refractivity contribution in [2.75, 3.05) is 17.2 Å². The molecule has 0 unspecified atom stereocenters. The lowest BCUT2D eigenvalue weighted by atomic mass is 10.0. The number of aromatic nitrogens is 3. The van der Waals surface area contributed by atoms with Crippen LogP contribution >= 0.6 is 0 Å². The van der Waals surface area contributed by atoms with Gasteiger partial charge in [-0.25, -0.2) is 15.0 Å². The van der Waals surface area contributed by atoms with Crippen LogP contribution < -0.4 is 10.6 Å². The Morgan fingerprint density at radius 3 is 2.77 bits per heavy atom. The van der Waals surface area contributed by atoms with Crippen LogP contribution in [0.5, 0.6) is 0 Å². The fourth-order valence-electron chi connectivity index (χ4n) is 3.64. The molecule has 0 atom stereocenters. The van der Waals surface area contributed by atoms with E-state index in [-0.39, 0.29) is 23.8 Å². The first-order valence-electron chi connectivity index (χ1n) is 9.73. The summed E-state index contributed by atoms with van der Waals surface area (Å²) in [5.41, 5.74) is 8.14. The normalized spacial score (nSPS) is 13.7. The number of carbonyl (C=O) groups is 1. The van der Waals surface area contributed by atoms with E-state index in [4.69, 9.17) is 5.73 Å². The lowest BCUT2D eigenvalue weighted by molar-refractivity contribution is -0.137. The zero-order chi connectivity index (χ0) is 22.2. The summed E-state index contributed by atoms with van der Waals surface area (Å²) in [6, 6.07) is 8.21. The van der Waals surface area contributed by atoms with E-state index in [0.29, 0.717) is 30.9 Å². The largest absolute Gasteiger partial charge is 0.416 e. The third kappa shape index (κ3) is 4.50. The van der Waals surface area contributed by atoms with Gasteiger partial charge in [-0.1, -0.05) is 24.3 Å². The molecule has 0 saturated heterocycles. The fraction of sp³-hybridized carbons (Fsp3) is 0.273. The molecule has 1 aromatic carbocycles. The highest BCUT2D eigenvalue weighted by Gasteiger charge is 2.30. The number of halogens is 3. The summed E-state index contributed by atoms with van der Waals surface area (Å²) in [6.45, 7) is 3.09. The molecule has 1 aliphatic rings. The van der Waals surface area contributed by atoms with Crippen LogP contribution in [-0.4, -0.2) is 27.3 Å². The fourth-order valence-corrected chi connectivity index (χ4v) is 3.64. The number of ketones is 1.